The van der Waals surface area contributed by atoms with Crippen molar-refractivity contribution in [3.8, 4) is 0 Å². The van der Waals surface area contributed by atoms with Gasteiger partial charge in [-0.2, -0.15) is 0 Å². The maximum absolute atomic E-state index is 11.3. The lowest BCUT2D eigenvalue weighted by molar-refractivity contribution is -0.113. The average Bonchev–Trinajstić information content (AvgIpc) is 2.33. The standard InChI is InChI=1S/C12H11IN2O/c1-8-10-4-5-14-7-9(10)2-3-11(8)15-12(16)6-13/h2-5,7H,6H2,1H3,(H,15,16). The Morgan fingerprint density at radius 1 is 1.44 bits per heavy atom. The van der Waals surface area contributed by atoms with Crippen LogP contribution in [0.5, 0.6) is 0 Å². The summed E-state index contributed by atoms with van der Waals surface area (Å²) in [4.78, 5) is 15.4. The van der Waals surface area contributed by atoms with Crippen molar-refractivity contribution in [2.24, 2.45) is 0 Å². The summed E-state index contributed by atoms with van der Waals surface area (Å²) in [6.45, 7) is 2.01. The normalized spacial score (nSPS) is 10.4. The Kier molecular flexibility index (Phi) is 3.38. The zero-order valence-electron chi connectivity index (χ0n) is 8.83. The zero-order valence-corrected chi connectivity index (χ0v) is 11.0. The number of alkyl halides is 1. The number of rotatable bonds is 2. The number of aryl methyl sites for hydroxylation is 1. The van der Waals surface area contributed by atoms with E-state index < -0.39 is 0 Å². The summed E-state index contributed by atoms with van der Waals surface area (Å²) in [6.07, 6.45) is 3.59. The van der Waals surface area contributed by atoms with Crippen LogP contribution in [-0.4, -0.2) is 15.3 Å². The lowest BCUT2D eigenvalue weighted by atomic mass is 10.1. The molecule has 0 aliphatic heterocycles. The van der Waals surface area contributed by atoms with Crippen LogP contribution in [0.4, 0.5) is 5.69 Å². The monoisotopic (exact) mass is 326 g/mol. The first-order valence-electron chi connectivity index (χ1n) is 4.91. The van der Waals surface area contributed by atoms with Gasteiger partial charge in [0.1, 0.15) is 0 Å². The number of benzene rings is 1. The number of fused-ring (bicyclic) bond motifs is 1. The number of anilines is 1. The summed E-state index contributed by atoms with van der Waals surface area (Å²) in [7, 11) is 0. The first-order chi connectivity index (χ1) is 7.72. The summed E-state index contributed by atoms with van der Waals surface area (Å²) in [6, 6.07) is 5.85. The maximum Gasteiger partial charge on any atom is 0.234 e. The van der Waals surface area contributed by atoms with Gasteiger partial charge in [-0.1, -0.05) is 28.7 Å². The van der Waals surface area contributed by atoms with Gasteiger partial charge in [0.15, 0.2) is 0 Å². The van der Waals surface area contributed by atoms with Crippen molar-refractivity contribution in [3.63, 3.8) is 0 Å². The van der Waals surface area contributed by atoms with Gasteiger partial charge in [0, 0.05) is 23.5 Å². The van der Waals surface area contributed by atoms with E-state index in [1.807, 2.05) is 53.9 Å². The van der Waals surface area contributed by atoms with Crippen molar-refractivity contribution < 1.29 is 4.79 Å². The molecule has 0 bridgehead atoms. The first-order valence-corrected chi connectivity index (χ1v) is 6.44. The third-order valence-corrected chi connectivity index (χ3v) is 3.18. The molecule has 1 aromatic carbocycles. The minimum atomic E-state index is 0.0251. The fraction of sp³-hybridized carbons (Fsp3) is 0.167. The number of nitrogens with zero attached hydrogens (tertiary/aromatic N) is 1. The molecule has 0 radical (unpaired) electrons. The minimum absolute atomic E-state index is 0.0251. The van der Waals surface area contributed by atoms with Gasteiger partial charge in [0.25, 0.3) is 0 Å². The van der Waals surface area contributed by atoms with Gasteiger partial charge < -0.3 is 5.32 Å². The molecule has 1 aromatic heterocycles. The van der Waals surface area contributed by atoms with E-state index >= 15 is 0 Å². The highest BCUT2D eigenvalue weighted by atomic mass is 127. The van der Waals surface area contributed by atoms with Crippen LogP contribution in [0.1, 0.15) is 5.56 Å². The molecule has 1 N–H and O–H groups in total. The Bertz CT molecular complexity index is 540. The minimum Gasteiger partial charge on any atom is -0.325 e. The van der Waals surface area contributed by atoms with Gasteiger partial charge in [-0.15, -0.1) is 0 Å². The number of carbonyl (C=O) groups is 1. The molecule has 0 atom stereocenters. The Hall–Kier alpha value is -1.17. The predicted octanol–water partition coefficient (Wildman–Crippen LogP) is 2.92. The molecule has 0 saturated carbocycles. The van der Waals surface area contributed by atoms with Crippen molar-refractivity contribution >= 4 is 45.0 Å². The quantitative estimate of drug-likeness (QED) is 0.681. The topological polar surface area (TPSA) is 42.0 Å². The van der Waals surface area contributed by atoms with Crippen LogP contribution in [0.25, 0.3) is 10.8 Å². The third-order valence-electron chi connectivity index (χ3n) is 2.48. The van der Waals surface area contributed by atoms with E-state index in [1.165, 1.54) is 0 Å². The number of hydrogen-bond acceptors (Lipinski definition) is 2. The molecule has 0 aliphatic carbocycles. The van der Waals surface area contributed by atoms with Crippen LogP contribution in [0.3, 0.4) is 0 Å². The molecule has 1 heterocycles. The number of hydrogen-bond donors (Lipinski definition) is 1. The molecule has 16 heavy (non-hydrogen) atoms. The van der Waals surface area contributed by atoms with Crippen molar-refractivity contribution in [2.75, 3.05) is 9.74 Å². The molecule has 0 aliphatic rings. The molecule has 0 spiro atoms. The lowest BCUT2D eigenvalue weighted by Crippen LogP contribution is -2.13. The molecule has 0 saturated heterocycles. The number of nitrogens with one attached hydrogen (secondary N) is 1. The van der Waals surface area contributed by atoms with Crippen LogP contribution < -0.4 is 5.32 Å². The van der Waals surface area contributed by atoms with Gasteiger partial charge in [0.05, 0.1) is 4.43 Å². The summed E-state index contributed by atoms with van der Waals surface area (Å²) in [5.74, 6) is 0.0251. The highest BCUT2D eigenvalue weighted by molar-refractivity contribution is 14.1. The molecule has 2 rings (SSSR count). The molecular formula is C12H11IN2O. The van der Waals surface area contributed by atoms with Gasteiger partial charge >= 0.3 is 0 Å². The molecule has 3 nitrogen and oxygen atoms in total. The summed E-state index contributed by atoms with van der Waals surface area (Å²) < 4.78 is 0.464. The smallest absolute Gasteiger partial charge is 0.234 e. The van der Waals surface area contributed by atoms with Crippen LogP contribution in [0, 0.1) is 6.92 Å². The average molecular weight is 326 g/mol. The van der Waals surface area contributed by atoms with Crippen LogP contribution in [0.2, 0.25) is 0 Å². The van der Waals surface area contributed by atoms with Crippen LogP contribution in [-0.2, 0) is 4.79 Å². The van der Waals surface area contributed by atoms with Gasteiger partial charge in [0.2, 0.25) is 5.91 Å². The molecule has 2 aromatic rings. The first kappa shape index (κ1) is 11.3. The van der Waals surface area contributed by atoms with Crippen LogP contribution in [0.15, 0.2) is 30.6 Å². The van der Waals surface area contributed by atoms with E-state index in [9.17, 15) is 4.79 Å². The highest BCUT2D eigenvalue weighted by Crippen LogP contribution is 2.24. The Morgan fingerprint density at radius 2 is 2.25 bits per heavy atom. The van der Waals surface area contributed by atoms with Gasteiger partial charge in [-0.3, -0.25) is 9.78 Å². The summed E-state index contributed by atoms with van der Waals surface area (Å²) in [5, 5.41) is 5.10. The Morgan fingerprint density at radius 3 is 3.00 bits per heavy atom. The largest absolute Gasteiger partial charge is 0.325 e. The van der Waals surface area contributed by atoms with Crippen molar-refractivity contribution in [2.45, 2.75) is 6.92 Å². The second-order valence-electron chi connectivity index (χ2n) is 3.52. The molecule has 4 heteroatoms. The molecular weight excluding hydrogens is 315 g/mol. The predicted molar refractivity (Wildman–Crippen MR) is 74.0 cm³/mol. The molecule has 0 unspecified atom stereocenters. The van der Waals surface area contributed by atoms with E-state index in [1.54, 1.807) is 6.20 Å². The zero-order chi connectivity index (χ0) is 11.5. The van der Waals surface area contributed by atoms with Gasteiger partial charge in [-0.05, 0) is 30.0 Å². The fourth-order valence-corrected chi connectivity index (χ4v) is 1.83. The fourth-order valence-electron chi connectivity index (χ4n) is 1.64. The van der Waals surface area contributed by atoms with Crippen molar-refractivity contribution in [1.82, 2.24) is 4.98 Å². The molecule has 1 amide bonds. The number of carbonyl (C=O) groups excluding carboxylic acids is 1. The number of halogens is 1. The highest BCUT2D eigenvalue weighted by Gasteiger charge is 2.05. The third kappa shape index (κ3) is 2.16. The van der Waals surface area contributed by atoms with Crippen molar-refractivity contribution in [1.29, 1.82) is 0 Å². The van der Waals surface area contributed by atoms with Crippen LogP contribution >= 0.6 is 22.6 Å². The van der Waals surface area contributed by atoms with E-state index in [4.69, 9.17) is 0 Å². The lowest BCUT2D eigenvalue weighted by Gasteiger charge is -2.09. The SMILES string of the molecule is Cc1c(NC(=O)CI)ccc2cnccc12. The van der Waals surface area contributed by atoms with E-state index in [2.05, 4.69) is 10.3 Å². The van der Waals surface area contributed by atoms with Crippen molar-refractivity contribution in [3.05, 3.63) is 36.2 Å². The number of amides is 1. The second kappa shape index (κ2) is 4.78. The Labute approximate surface area is 107 Å². The number of aromatic nitrogens is 1. The molecule has 82 valence electrons. The summed E-state index contributed by atoms with van der Waals surface area (Å²) in [5.41, 5.74) is 1.96. The summed E-state index contributed by atoms with van der Waals surface area (Å²) >= 11 is 2.05. The number of pyridine rings is 1. The van der Waals surface area contributed by atoms with E-state index in [0.717, 1.165) is 22.0 Å². The Balaban J connectivity index is 2.48. The molecule has 0 fully saturated rings. The van der Waals surface area contributed by atoms with Gasteiger partial charge in [-0.25, -0.2) is 0 Å². The van der Waals surface area contributed by atoms with E-state index in [0.29, 0.717) is 4.43 Å². The maximum atomic E-state index is 11.3. The van der Waals surface area contributed by atoms with E-state index in [-0.39, 0.29) is 5.91 Å². The second-order valence-corrected chi connectivity index (χ2v) is 4.28.